The number of phosphoric ester groups is 1. The van der Waals surface area contributed by atoms with Crippen LogP contribution in [0.1, 0.15) is 19.1 Å². The molecule has 2 amide bonds. The number of imidazole rings is 1. The Kier molecular flexibility index (Phi) is 7.76. The zero-order chi connectivity index (χ0) is 26.9. The molecule has 4 heterocycles. The molecular weight excluding hydrogens is 521 g/mol. The van der Waals surface area contributed by atoms with Crippen molar-refractivity contribution < 1.29 is 43.0 Å². The number of nitrogens with zero attached hydrogens (tertiary/aromatic N) is 4. The second-order valence-corrected chi connectivity index (χ2v) is 9.59. The van der Waals surface area contributed by atoms with Crippen LogP contribution in [0.15, 0.2) is 16.1 Å². The summed E-state index contributed by atoms with van der Waals surface area (Å²) in [5.74, 6) is -0.615. The Morgan fingerprint density at radius 1 is 1.35 bits per heavy atom. The number of rotatable bonds is 8. The Bertz CT molecular complexity index is 1280. The molecule has 3 unspecified atom stereocenters. The first-order valence-corrected chi connectivity index (χ1v) is 12.3. The van der Waals surface area contributed by atoms with E-state index in [4.69, 9.17) is 35.7 Å². The van der Waals surface area contributed by atoms with Crippen molar-refractivity contribution in [3.05, 3.63) is 16.7 Å². The smallest absolute Gasteiger partial charge is 0.394 e. The minimum absolute atomic E-state index is 0.0188. The van der Waals surface area contributed by atoms with Gasteiger partial charge in [0.2, 0.25) is 5.95 Å². The lowest BCUT2D eigenvalue weighted by molar-refractivity contribution is -0.0515. The molecule has 0 aromatic carbocycles. The lowest BCUT2D eigenvalue weighted by Crippen LogP contribution is -2.35. The number of fused-ring (bicyclic) bond motifs is 1. The number of guanidine groups is 1. The zero-order valence-corrected chi connectivity index (χ0v) is 19.9. The summed E-state index contributed by atoms with van der Waals surface area (Å²) >= 11 is 0. The highest BCUT2D eigenvalue weighted by atomic mass is 31.2. The molecule has 4 rings (SSSR count). The number of urea groups is 1. The third kappa shape index (κ3) is 6.22. The minimum atomic E-state index is -4.74. The Balaban J connectivity index is 1.34. The number of carbonyl (C=O) groups excluding carboxylic acids is 1. The lowest BCUT2D eigenvalue weighted by Gasteiger charge is -2.21. The molecule has 19 nitrogen and oxygen atoms in total. The molecule has 7 atom stereocenters. The fourth-order valence-electron chi connectivity index (χ4n) is 3.93. The first-order valence-electron chi connectivity index (χ1n) is 10.8. The number of aromatic nitrogens is 4. The van der Waals surface area contributed by atoms with Gasteiger partial charge < -0.3 is 47.1 Å². The molecule has 2 aromatic heterocycles. The number of H-pyrrole nitrogens is 1. The van der Waals surface area contributed by atoms with Crippen molar-refractivity contribution in [2.45, 2.75) is 49.7 Å². The molecule has 0 saturated carbocycles. The molecule has 2 saturated heterocycles. The van der Waals surface area contributed by atoms with E-state index in [0.717, 1.165) is 0 Å². The number of hydrogen-bond acceptors (Lipinski definition) is 12. The summed E-state index contributed by atoms with van der Waals surface area (Å²) in [6.45, 7) is -1.14. The van der Waals surface area contributed by atoms with Crippen LogP contribution in [-0.2, 0) is 23.1 Å². The number of amides is 2. The number of hydrogen-bond donors (Lipinski definition) is 8. The van der Waals surface area contributed by atoms with E-state index in [0.29, 0.717) is 0 Å². The van der Waals surface area contributed by atoms with E-state index in [2.05, 4.69) is 25.3 Å². The van der Waals surface area contributed by atoms with E-state index in [1.807, 2.05) is 0 Å². The predicted octanol–water partition coefficient (Wildman–Crippen LogP) is -3.06. The molecule has 0 bridgehead atoms. The number of anilines is 1. The van der Waals surface area contributed by atoms with Crippen LogP contribution in [0, 0.1) is 0 Å². The highest BCUT2D eigenvalue weighted by Crippen LogP contribution is 2.48. The third-order valence-electron chi connectivity index (χ3n) is 5.53. The van der Waals surface area contributed by atoms with E-state index in [9.17, 15) is 29.3 Å². The average Bonchev–Trinajstić information content (AvgIpc) is 3.48. The third-order valence-corrected chi connectivity index (χ3v) is 6.54. The van der Waals surface area contributed by atoms with E-state index in [1.165, 1.54) is 10.9 Å². The summed E-state index contributed by atoms with van der Waals surface area (Å²) in [7, 11) is -4.74. The van der Waals surface area contributed by atoms with Crippen LogP contribution in [0.2, 0.25) is 0 Å². The fraction of sp³-hybridized carbons (Fsp3) is 0.588. The van der Waals surface area contributed by atoms with Gasteiger partial charge in [-0.15, -0.1) is 0 Å². The summed E-state index contributed by atoms with van der Waals surface area (Å²) in [5, 5.41) is 22.2. The number of ether oxygens (including phenoxy) is 2. The molecule has 2 aromatic rings. The first-order chi connectivity index (χ1) is 17.5. The predicted molar refractivity (Wildman–Crippen MR) is 122 cm³/mol. The van der Waals surface area contributed by atoms with Crippen molar-refractivity contribution in [3.8, 4) is 0 Å². The largest absolute Gasteiger partial charge is 0.472 e. The van der Waals surface area contributed by atoms with Gasteiger partial charge in [0.15, 0.2) is 17.1 Å². The number of aromatic amines is 1. The molecule has 37 heavy (non-hydrogen) atoms. The molecule has 0 radical (unpaired) electrons. The Morgan fingerprint density at radius 2 is 2.11 bits per heavy atom. The van der Waals surface area contributed by atoms with E-state index in [1.54, 1.807) is 0 Å². The zero-order valence-electron chi connectivity index (χ0n) is 19.0. The summed E-state index contributed by atoms with van der Waals surface area (Å²) in [6, 6.07) is -0.916. The van der Waals surface area contributed by atoms with Gasteiger partial charge in [0.05, 0.1) is 25.6 Å². The topological polar surface area (TPSA) is 298 Å². The van der Waals surface area contributed by atoms with E-state index >= 15 is 0 Å². The Hall–Kier alpha value is -3.16. The minimum Gasteiger partial charge on any atom is -0.394 e. The van der Waals surface area contributed by atoms with Crippen LogP contribution in [0.25, 0.3) is 11.2 Å². The second-order valence-electron chi connectivity index (χ2n) is 8.18. The van der Waals surface area contributed by atoms with Gasteiger partial charge in [-0.05, 0) is 0 Å². The van der Waals surface area contributed by atoms with Gasteiger partial charge in [-0.1, -0.05) is 0 Å². The van der Waals surface area contributed by atoms with E-state index < -0.39 is 75.5 Å². The SMILES string of the molecule is NC(N)=NC(=O)N[C@@H]1CC(OP(=O)(O)OC[C@H]2O[C@@H](n3cnc4c(=O)[nH]c(N)nc43)CC2O)[C@@H](CO)O1. The van der Waals surface area contributed by atoms with Crippen molar-refractivity contribution in [3.63, 3.8) is 0 Å². The van der Waals surface area contributed by atoms with Crippen LogP contribution in [-0.4, -0.2) is 90.5 Å². The second kappa shape index (κ2) is 10.7. The maximum Gasteiger partial charge on any atom is 0.472 e. The van der Waals surface area contributed by atoms with Crippen molar-refractivity contribution in [2.24, 2.45) is 16.5 Å². The maximum atomic E-state index is 12.5. The van der Waals surface area contributed by atoms with Gasteiger partial charge in [0, 0.05) is 12.8 Å². The van der Waals surface area contributed by atoms with E-state index in [-0.39, 0.29) is 30.0 Å². The van der Waals surface area contributed by atoms with Crippen LogP contribution in [0.4, 0.5) is 10.7 Å². The average molecular weight is 547 g/mol. The number of carbonyl (C=O) groups is 1. The van der Waals surface area contributed by atoms with Gasteiger partial charge >= 0.3 is 13.9 Å². The molecule has 0 aliphatic carbocycles. The molecule has 0 spiro atoms. The molecule has 20 heteroatoms. The normalized spacial score (nSPS) is 29.3. The van der Waals surface area contributed by atoms with Crippen molar-refractivity contribution >= 4 is 36.9 Å². The Labute approximate surface area is 207 Å². The van der Waals surface area contributed by atoms with Gasteiger partial charge in [0.1, 0.15) is 30.8 Å². The molecule has 204 valence electrons. The standard InChI is InChI=1S/C17H26N9O10P/c18-15(19)25-17(30)22-10-2-7(8(3-27)34-10)36-37(31,32)33-4-9-6(28)1-11(35-9)26-5-21-12-13(26)23-16(20)24-14(12)29/h5-11,27-28H,1-4H2,(H,31,32)(H3,20,23,24,29)(H5,18,19,22,25,30)/t6?,7?,8-,9-,10+,11-/m1/s1. The van der Waals surface area contributed by atoms with Gasteiger partial charge in [-0.2, -0.15) is 9.98 Å². The monoisotopic (exact) mass is 547 g/mol. The molecular formula is C17H26N9O10P. The number of aliphatic hydroxyl groups excluding tert-OH is 2. The van der Waals surface area contributed by atoms with Crippen LogP contribution < -0.4 is 28.1 Å². The van der Waals surface area contributed by atoms with Crippen molar-refractivity contribution in [1.82, 2.24) is 24.8 Å². The lowest BCUT2D eigenvalue weighted by atomic mass is 10.2. The molecule has 2 fully saturated rings. The summed E-state index contributed by atoms with van der Waals surface area (Å²) in [4.78, 5) is 47.4. The number of aliphatic imine (C=N–C) groups is 1. The molecule has 2 aliphatic heterocycles. The fourth-order valence-corrected chi connectivity index (χ4v) is 4.89. The summed E-state index contributed by atoms with van der Waals surface area (Å²) in [5.41, 5.74) is 15.4. The number of nitrogens with one attached hydrogen (secondary N) is 2. The molecule has 11 N–H and O–H groups in total. The van der Waals surface area contributed by atoms with Crippen molar-refractivity contribution in [2.75, 3.05) is 18.9 Å². The van der Waals surface area contributed by atoms with Gasteiger partial charge in [-0.25, -0.2) is 14.3 Å². The van der Waals surface area contributed by atoms with Crippen LogP contribution in [0.5, 0.6) is 0 Å². The van der Waals surface area contributed by atoms with Gasteiger partial charge in [0.25, 0.3) is 5.56 Å². The molecule has 2 aliphatic rings. The summed E-state index contributed by atoms with van der Waals surface area (Å²) in [6.07, 6.45) is -5.00. The quantitative estimate of drug-likeness (QED) is 0.0924. The number of aliphatic hydroxyl groups is 2. The van der Waals surface area contributed by atoms with Crippen LogP contribution in [0.3, 0.4) is 0 Å². The van der Waals surface area contributed by atoms with Crippen LogP contribution >= 0.6 is 7.82 Å². The summed E-state index contributed by atoms with van der Waals surface area (Å²) < 4.78 is 35.2. The highest BCUT2D eigenvalue weighted by molar-refractivity contribution is 7.47. The highest BCUT2D eigenvalue weighted by Gasteiger charge is 2.43. The maximum absolute atomic E-state index is 12.5. The number of phosphoric acid groups is 1. The van der Waals surface area contributed by atoms with Gasteiger partial charge in [-0.3, -0.25) is 23.4 Å². The number of nitrogen functional groups attached to an aromatic ring is 1. The van der Waals surface area contributed by atoms with Crippen molar-refractivity contribution in [1.29, 1.82) is 0 Å². The first kappa shape index (κ1) is 26.9. The number of nitrogens with two attached hydrogens (primary N) is 3. The Morgan fingerprint density at radius 3 is 2.81 bits per heavy atom.